The number of carbonyl (C=O) groups excluding carboxylic acids is 1. The summed E-state index contributed by atoms with van der Waals surface area (Å²) < 4.78 is 64.9. The Bertz CT molecular complexity index is 1280. The topological polar surface area (TPSA) is 130 Å². The highest BCUT2D eigenvalue weighted by Crippen LogP contribution is 2.30. The van der Waals surface area contributed by atoms with Crippen LogP contribution < -0.4 is 15.4 Å². The number of nitrogens with one attached hydrogen (secondary N) is 3. The van der Waals surface area contributed by atoms with Crippen LogP contribution in [0.25, 0.3) is 0 Å². The molecule has 13 heteroatoms. The maximum atomic E-state index is 12.6. The number of alkyl halides is 3. The van der Waals surface area contributed by atoms with Crippen LogP contribution in [0.3, 0.4) is 0 Å². The van der Waals surface area contributed by atoms with Gasteiger partial charge in [-0.05, 0) is 54.6 Å². The van der Waals surface area contributed by atoms with Crippen LogP contribution in [-0.4, -0.2) is 19.4 Å². The van der Waals surface area contributed by atoms with E-state index < -0.39 is 32.7 Å². The molecule has 0 saturated carbocycles. The average molecular weight is 480 g/mol. The number of halogens is 3. The van der Waals surface area contributed by atoms with E-state index in [2.05, 4.69) is 15.4 Å². The number of nitro groups is 1. The van der Waals surface area contributed by atoms with E-state index in [1.54, 1.807) is 0 Å². The summed E-state index contributed by atoms with van der Waals surface area (Å²) in [5.74, 6) is 0. The van der Waals surface area contributed by atoms with Gasteiger partial charge in [0, 0.05) is 29.2 Å². The fourth-order valence-corrected chi connectivity index (χ4v) is 3.71. The Kier molecular flexibility index (Phi) is 6.53. The maximum Gasteiger partial charge on any atom is 0.416 e. The number of anilines is 3. The zero-order valence-electron chi connectivity index (χ0n) is 16.5. The molecule has 172 valence electrons. The molecular weight excluding hydrogens is 465 g/mol. The number of hydrogen-bond donors (Lipinski definition) is 3. The highest BCUT2D eigenvalue weighted by atomic mass is 32.2. The highest BCUT2D eigenvalue weighted by molar-refractivity contribution is 7.92. The summed E-state index contributed by atoms with van der Waals surface area (Å²) in [5.41, 5.74) is -0.574. The fraction of sp³-hybridized carbons (Fsp3) is 0.0500. The summed E-state index contributed by atoms with van der Waals surface area (Å²) in [6.45, 7) is 0. The van der Waals surface area contributed by atoms with Gasteiger partial charge < -0.3 is 10.6 Å². The molecule has 0 aliphatic carbocycles. The van der Waals surface area contributed by atoms with Gasteiger partial charge in [0.25, 0.3) is 15.7 Å². The Balaban J connectivity index is 1.63. The summed E-state index contributed by atoms with van der Waals surface area (Å²) >= 11 is 0. The van der Waals surface area contributed by atoms with Gasteiger partial charge in [0.1, 0.15) is 0 Å². The van der Waals surface area contributed by atoms with Gasteiger partial charge in [-0.25, -0.2) is 13.2 Å². The third kappa shape index (κ3) is 6.20. The van der Waals surface area contributed by atoms with Crippen LogP contribution in [0.5, 0.6) is 0 Å². The second kappa shape index (κ2) is 9.16. The molecule has 3 aromatic rings. The first-order valence-corrected chi connectivity index (χ1v) is 10.5. The molecule has 3 N–H and O–H groups in total. The molecule has 0 bridgehead atoms. The van der Waals surface area contributed by atoms with Crippen LogP contribution >= 0.6 is 0 Å². The molecule has 0 spiro atoms. The molecule has 3 aromatic carbocycles. The second-order valence-corrected chi connectivity index (χ2v) is 8.27. The molecule has 0 aromatic heterocycles. The lowest BCUT2D eigenvalue weighted by molar-refractivity contribution is -0.384. The Morgan fingerprint density at radius 3 is 2.00 bits per heavy atom. The average Bonchev–Trinajstić information content (AvgIpc) is 2.74. The summed E-state index contributed by atoms with van der Waals surface area (Å²) in [6, 6.07) is 13.1. The van der Waals surface area contributed by atoms with Crippen molar-refractivity contribution >= 4 is 38.8 Å². The first-order valence-electron chi connectivity index (χ1n) is 9.07. The Morgan fingerprint density at radius 1 is 0.848 bits per heavy atom. The number of rotatable bonds is 6. The van der Waals surface area contributed by atoms with Gasteiger partial charge >= 0.3 is 12.2 Å². The molecule has 0 aliphatic rings. The van der Waals surface area contributed by atoms with Gasteiger partial charge in [0.15, 0.2) is 0 Å². The fourth-order valence-electron chi connectivity index (χ4n) is 2.65. The van der Waals surface area contributed by atoms with E-state index in [-0.39, 0.29) is 27.6 Å². The van der Waals surface area contributed by atoms with Crippen LogP contribution in [0.4, 0.5) is 40.7 Å². The number of carbonyl (C=O) groups is 1. The Labute approximate surface area is 185 Å². The van der Waals surface area contributed by atoms with Crippen LogP contribution in [0, 0.1) is 10.1 Å². The van der Waals surface area contributed by atoms with Crippen molar-refractivity contribution < 1.29 is 31.3 Å². The zero-order chi connectivity index (χ0) is 24.2. The van der Waals surface area contributed by atoms with E-state index in [0.29, 0.717) is 12.1 Å². The van der Waals surface area contributed by atoms with Crippen LogP contribution in [-0.2, 0) is 16.2 Å². The number of benzene rings is 3. The van der Waals surface area contributed by atoms with Crippen molar-refractivity contribution in [1.29, 1.82) is 0 Å². The number of amides is 2. The Morgan fingerprint density at radius 2 is 1.42 bits per heavy atom. The smallest absolute Gasteiger partial charge is 0.308 e. The number of non-ortho nitro benzene ring substituents is 1. The number of sulfonamides is 1. The summed E-state index contributed by atoms with van der Waals surface area (Å²) in [5, 5.41) is 15.7. The highest BCUT2D eigenvalue weighted by Gasteiger charge is 2.30. The van der Waals surface area contributed by atoms with Crippen LogP contribution in [0.2, 0.25) is 0 Å². The standard InChI is InChI=1S/C20H15F3N4O5S/c21-20(22,23)13-4-10-18(11-5-13)33(31,32)26-15-8-6-14(7-9-15)24-19(28)25-16-2-1-3-17(12-16)27(29)30/h1-12,26H,(H2,24,25,28). The molecule has 0 saturated heterocycles. The molecule has 9 nitrogen and oxygen atoms in total. The van der Waals surface area contributed by atoms with Crippen molar-refractivity contribution in [2.45, 2.75) is 11.1 Å². The molecule has 0 unspecified atom stereocenters. The minimum atomic E-state index is -4.58. The monoisotopic (exact) mass is 480 g/mol. The minimum Gasteiger partial charge on any atom is -0.308 e. The lowest BCUT2D eigenvalue weighted by Gasteiger charge is -2.11. The van der Waals surface area contributed by atoms with Crippen molar-refractivity contribution in [3.05, 3.63) is 88.5 Å². The van der Waals surface area contributed by atoms with Gasteiger partial charge in [-0.3, -0.25) is 14.8 Å². The number of nitrogens with zero attached hydrogens (tertiary/aromatic N) is 1. The molecular formula is C20H15F3N4O5S. The largest absolute Gasteiger partial charge is 0.416 e. The van der Waals surface area contributed by atoms with E-state index in [0.717, 1.165) is 12.1 Å². The molecule has 0 fully saturated rings. The van der Waals surface area contributed by atoms with Crippen molar-refractivity contribution in [1.82, 2.24) is 0 Å². The van der Waals surface area contributed by atoms with E-state index in [4.69, 9.17) is 0 Å². The molecule has 2 amide bonds. The van der Waals surface area contributed by atoms with Gasteiger partial charge in [0.05, 0.1) is 15.4 Å². The number of hydrogen-bond acceptors (Lipinski definition) is 5. The van der Waals surface area contributed by atoms with Crippen LogP contribution in [0.1, 0.15) is 5.56 Å². The first-order chi connectivity index (χ1) is 15.4. The molecule has 3 rings (SSSR count). The molecule has 0 radical (unpaired) electrons. The number of nitro benzene ring substituents is 1. The van der Waals surface area contributed by atoms with Crippen LogP contribution in [0.15, 0.2) is 77.7 Å². The minimum absolute atomic E-state index is 0.111. The van der Waals surface area contributed by atoms with Gasteiger partial charge in [-0.2, -0.15) is 13.2 Å². The van der Waals surface area contributed by atoms with E-state index >= 15 is 0 Å². The quantitative estimate of drug-likeness (QED) is 0.335. The summed E-state index contributed by atoms with van der Waals surface area (Å²) in [4.78, 5) is 21.9. The van der Waals surface area contributed by atoms with Gasteiger partial charge in [0.2, 0.25) is 0 Å². The third-order valence-electron chi connectivity index (χ3n) is 4.20. The second-order valence-electron chi connectivity index (χ2n) is 6.59. The normalized spacial score (nSPS) is 11.5. The van der Waals surface area contributed by atoms with Crippen molar-refractivity contribution in [3.63, 3.8) is 0 Å². The van der Waals surface area contributed by atoms with E-state index in [1.807, 2.05) is 0 Å². The van der Waals surface area contributed by atoms with E-state index in [1.165, 1.54) is 48.5 Å². The van der Waals surface area contributed by atoms with Crippen molar-refractivity contribution in [3.8, 4) is 0 Å². The molecule has 0 heterocycles. The lowest BCUT2D eigenvalue weighted by atomic mass is 10.2. The molecule has 0 aliphatic heterocycles. The van der Waals surface area contributed by atoms with Crippen molar-refractivity contribution in [2.24, 2.45) is 0 Å². The van der Waals surface area contributed by atoms with Crippen molar-refractivity contribution in [2.75, 3.05) is 15.4 Å². The predicted molar refractivity (Wildman–Crippen MR) is 114 cm³/mol. The lowest BCUT2D eigenvalue weighted by Crippen LogP contribution is -2.19. The summed E-state index contributed by atoms with van der Waals surface area (Å²) in [6.07, 6.45) is -4.58. The first kappa shape index (κ1) is 23.5. The predicted octanol–water partition coefficient (Wildman–Crippen LogP) is 5.06. The van der Waals surface area contributed by atoms with Gasteiger partial charge in [-0.15, -0.1) is 0 Å². The Hall–Kier alpha value is -4.13. The maximum absolute atomic E-state index is 12.6. The van der Waals surface area contributed by atoms with E-state index in [9.17, 15) is 36.5 Å². The SMILES string of the molecule is O=C(Nc1ccc(NS(=O)(=O)c2ccc(C(F)(F)F)cc2)cc1)Nc1cccc([N+](=O)[O-])c1. The molecule has 33 heavy (non-hydrogen) atoms. The number of urea groups is 1. The third-order valence-corrected chi connectivity index (χ3v) is 5.60. The summed E-state index contributed by atoms with van der Waals surface area (Å²) in [7, 11) is -4.14. The zero-order valence-corrected chi connectivity index (χ0v) is 17.3. The van der Waals surface area contributed by atoms with Gasteiger partial charge in [-0.1, -0.05) is 6.07 Å². The molecule has 0 atom stereocenters.